The van der Waals surface area contributed by atoms with Crippen molar-refractivity contribution in [1.29, 1.82) is 0 Å². The summed E-state index contributed by atoms with van der Waals surface area (Å²) in [6.45, 7) is 6.56. The maximum Gasteiger partial charge on any atom is 0.173 e. The number of hydrogen-bond acceptors (Lipinski definition) is 3. The monoisotopic (exact) mass is 422 g/mol. The molecule has 1 fully saturated rings. The number of amidine groups is 1. The number of ketones is 1. The lowest BCUT2D eigenvalue weighted by Gasteiger charge is -2.33. The van der Waals surface area contributed by atoms with E-state index < -0.39 is 0 Å². The molecule has 0 N–H and O–H groups in total. The van der Waals surface area contributed by atoms with Crippen molar-refractivity contribution in [1.82, 2.24) is 4.90 Å². The molecule has 0 amide bonds. The zero-order chi connectivity index (χ0) is 21.6. The minimum atomic E-state index is 0.0918. The number of hydrogen-bond donors (Lipinski definition) is 0. The highest BCUT2D eigenvalue weighted by Crippen LogP contribution is 2.27. The molecule has 3 nitrogen and oxygen atoms in total. The minimum absolute atomic E-state index is 0.0918. The van der Waals surface area contributed by atoms with E-state index in [1.165, 1.54) is 37.7 Å². The van der Waals surface area contributed by atoms with Gasteiger partial charge in [0.05, 0.1) is 11.4 Å². The van der Waals surface area contributed by atoms with Gasteiger partial charge in [0.1, 0.15) is 0 Å². The van der Waals surface area contributed by atoms with Crippen molar-refractivity contribution in [3.05, 3.63) is 65.7 Å². The zero-order valence-corrected chi connectivity index (χ0v) is 19.5. The minimum Gasteiger partial charge on any atom is -0.351 e. The Morgan fingerprint density at radius 3 is 2.23 bits per heavy atom. The van der Waals surface area contributed by atoms with Crippen LogP contribution in [0.5, 0.6) is 0 Å². The molecule has 4 heteroatoms. The third-order valence-corrected chi connectivity index (χ3v) is 6.85. The molecule has 0 atom stereocenters. The molecule has 2 aromatic carbocycles. The van der Waals surface area contributed by atoms with Gasteiger partial charge in [0.25, 0.3) is 0 Å². The van der Waals surface area contributed by atoms with Gasteiger partial charge < -0.3 is 4.90 Å². The van der Waals surface area contributed by atoms with Gasteiger partial charge in [0, 0.05) is 18.7 Å². The van der Waals surface area contributed by atoms with Crippen LogP contribution < -0.4 is 0 Å². The summed E-state index contributed by atoms with van der Waals surface area (Å²) in [5.74, 6) is 0.552. The van der Waals surface area contributed by atoms with E-state index in [4.69, 9.17) is 4.99 Å². The molecule has 0 aliphatic heterocycles. The largest absolute Gasteiger partial charge is 0.351 e. The van der Waals surface area contributed by atoms with Crippen LogP contribution in [0.1, 0.15) is 68.8 Å². The third-order valence-electron chi connectivity index (χ3n) is 5.81. The van der Waals surface area contributed by atoms with Gasteiger partial charge in [-0.2, -0.15) is 0 Å². The Bertz CT molecular complexity index is 847. The molecule has 30 heavy (non-hydrogen) atoms. The normalized spacial score (nSPS) is 15.8. The van der Waals surface area contributed by atoms with Gasteiger partial charge in [0.15, 0.2) is 11.0 Å². The molecule has 1 aliphatic carbocycles. The molecule has 0 bridgehead atoms. The number of carbonyl (C=O) groups is 1. The standard InChI is InChI=1S/C26H34N2OS/c1-26(2,3)21-17-15-20(16-18-21)24(29)19-30-25(27-22-11-7-5-8-12-22)28(4)23-13-9-6-10-14-23/h5,7-8,11-12,15-18,23H,6,9-10,13-14,19H2,1-4H3. The summed E-state index contributed by atoms with van der Waals surface area (Å²) in [7, 11) is 2.13. The first-order chi connectivity index (χ1) is 14.3. The van der Waals surface area contributed by atoms with Crippen molar-refractivity contribution in [2.24, 2.45) is 4.99 Å². The van der Waals surface area contributed by atoms with Gasteiger partial charge in [-0.1, -0.05) is 94.3 Å². The van der Waals surface area contributed by atoms with Crippen LogP contribution in [0.4, 0.5) is 5.69 Å². The van der Waals surface area contributed by atoms with Crippen molar-refractivity contribution < 1.29 is 4.79 Å². The average Bonchev–Trinajstić information content (AvgIpc) is 2.76. The predicted molar refractivity (Wildman–Crippen MR) is 130 cm³/mol. The molecule has 3 rings (SSSR count). The summed E-state index contributed by atoms with van der Waals surface area (Å²) in [5.41, 5.74) is 3.05. The van der Waals surface area contributed by atoms with Crippen LogP contribution in [0, 0.1) is 0 Å². The summed E-state index contributed by atoms with van der Waals surface area (Å²) in [4.78, 5) is 20.1. The zero-order valence-electron chi connectivity index (χ0n) is 18.7. The Hall–Kier alpha value is -2.07. The first-order valence-corrected chi connectivity index (χ1v) is 12.0. The molecular weight excluding hydrogens is 388 g/mol. The van der Waals surface area contributed by atoms with Crippen LogP contribution in [-0.4, -0.2) is 34.7 Å². The smallest absolute Gasteiger partial charge is 0.173 e. The van der Waals surface area contributed by atoms with Crippen LogP contribution in [0.15, 0.2) is 59.6 Å². The number of nitrogens with zero attached hydrogens (tertiary/aromatic N) is 2. The average molecular weight is 423 g/mol. The number of para-hydroxylation sites is 1. The molecule has 2 aromatic rings. The molecule has 160 valence electrons. The van der Waals surface area contributed by atoms with Crippen molar-refractivity contribution in [3.63, 3.8) is 0 Å². The van der Waals surface area contributed by atoms with Crippen molar-refractivity contribution in [2.75, 3.05) is 12.8 Å². The first-order valence-electron chi connectivity index (χ1n) is 11.0. The summed E-state index contributed by atoms with van der Waals surface area (Å²) in [6.07, 6.45) is 6.28. The number of carbonyl (C=O) groups excluding carboxylic acids is 1. The lowest BCUT2D eigenvalue weighted by atomic mass is 9.86. The van der Waals surface area contributed by atoms with E-state index in [0.717, 1.165) is 16.4 Å². The van der Waals surface area contributed by atoms with Gasteiger partial charge in [-0.05, 0) is 36.0 Å². The highest BCUT2D eigenvalue weighted by atomic mass is 32.2. The summed E-state index contributed by atoms with van der Waals surface area (Å²) in [6, 6.07) is 18.6. The topological polar surface area (TPSA) is 32.7 Å². The Kier molecular flexibility index (Phi) is 7.76. The summed E-state index contributed by atoms with van der Waals surface area (Å²) >= 11 is 1.56. The van der Waals surface area contributed by atoms with E-state index in [9.17, 15) is 4.79 Å². The van der Waals surface area contributed by atoms with Crippen LogP contribution in [0.25, 0.3) is 0 Å². The van der Waals surface area contributed by atoms with E-state index in [-0.39, 0.29) is 11.2 Å². The van der Waals surface area contributed by atoms with Crippen molar-refractivity contribution in [3.8, 4) is 0 Å². The molecule has 0 aromatic heterocycles. The highest BCUT2D eigenvalue weighted by Gasteiger charge is 2.22. The Balaban J connectivity index is 1.72. The van der Waals surface area contributed by atoms with Crippen LogP contribution in [-0.2, 0) is 5.41 Å². The van der Waals surface area contributed by atoms with Crippen molar-refractivity contribution in [2.45, 2.75) is 64.3 Å². The van der Waals surface area contributed by atoms with E-state index in [2.05, 4.69) is 44.9 Å². The van der Waals surface area contributed by atoms with Gasteiger partial charge in [-0.3, -0.25) is 4.79 Å². The molecule has 0 saturated heterocycles. The van der Waals surface area contributed by atoms with Gasteiger partial charge in [0.2, 0.25) is 0 Å². The molecule has 0 radical (unpaired) electrons. The third kappa shape index (κ3) is 6.21. The molecule has 0 heterocycles. The van der Waals surface area contributed by atoms with E-state index >= 15 is 0 Å². The lowest BCUT2D eigenvalue weighted by Crippen LogP contribution is -2.37. The van der Waals surface area contributed by atoms with Gasteiger partial charge >= 0.3 is 0 Å². The Labute approximate surface area is 186 Å². The van der Waals surface area contributed by atoms with Crippen LogP contribution >= 0.6 is 11.8 Å². The van der Waals surface area contributed by atoms with Gasteiger partial charge in [-0.15, -0.1) is 0 Å². The number of thioether (sulfide) groups is 1. The molecule has 1 aliphatic rings. The van der Waals surface area contributed by atoms with E-state index in [1.807, 2.05) is 42.5 Å². The fourth-order valence-corrected chi connectivity index (χ4v) is 4.77. The van der Waals surface area contributed by atoms with Gasteiger partial charge in [-0.25, -0.2) is 4.99 Å². The quantitative estimate of drug-likeness (QED) is 0.300. The van der Waals surface area contributed by atoms with E-state index in [0.29, 0.717) is 11.8 Å². The van der Waals surface area contributed by atoms with E-state index in [1.54, 1.807) is 11.8 Å². The molecular formula is C26H34N2OS. The summed E-state index contributed by atoms with van der Waals surface area (Å²) in [5, 5.41) is 0.938. The second-order valence-corrected chi connectivity index (χ2v) is 10.1. The molecule has 1 saturated carbocycles. The van der Waals surface area contributed by atoms with Crippen LogP contribution in [0.3, 0.4) is 0 Å². The lowest BCUT2D eigenvalue weighted by molar-refractivity contribution is 0.102. The highest BCUT2D eigenvalue weighted by molar-refractivity contribution is 8.14. The van der Waals surface area contributed by atoms with Crippen molar-refractivity contribution >= 4 is 28.4 Å². The number of rotatable bonds is 5. The number of aliphatic imine (C=N–C) groups is 1. The molecule has 0 spiro atoms. The van der Waals surface area contributed by atoms with Crippen LogP contribution in [0.2, 0.25) is 0 Å². The fourth-order valence-electron chi connectivity index (χ4n) is 3.82. The second kappa shape index (κ2) is 10.3. The fraction of sp³-hybridized carbons (Fsp3) is 0.462. The second-order valence-electron chi connectivity index (χ2n) is 9.17. The first kappa shape index (κ1) is 22.6. The maximum atomic E-state index is 12.9. The Morgan fingerprint density at radius 1 is 1.00 bits per heavy atom. The predicted octanol–water partition coefficient (Wildman–Crippen LogP) is 6.85. The number of benzene rings is 2. The molecule has 0 unspecified atom stereocenters. The SMILES string of the molecule is CN(C(=Nc1ccccc1)SCC(=O)c1ccc(C(C)(C)C)cc1)C1CCCCC1. The number of Topliss-reactive ketones (excluding diaryl/α,β-unsaturated/α-hetero) is 1. The Morgan fingerprint density at radius 2 is 1.63 bits per heavy atom. The summed E-state index contributed by atoms with van der Waals surface area (Å²) < 4.78 is 0. The maximum absolute atomic E-state index is 12.9.